The summed E-state index contributed by atoms with van der Waals surface area (Å²) in [5, 5.41) is 0. The number of para-hydroxylation sites is 1. The van der Waals surface area contributed by atoms with Gasteiger partial charge in [0.25, 0.3) is 0 Å². The zero-order chi connectivity index (χ0) is 10.4. The molecule has 14 heavy (non-hydrogen) atoms. The standard InChI is InChI=1S/C12H17O2/c1-4-10-12(2,3)14-13-11-8-6-5-7-9-11/h5-8H,4,10H2,1-3H3. The number of benzene rings is 1. The van der Waals surface area contributed by atoms with Gasteiger partial charge in [-0.25, -0.2) is 0 Å². The van der Waals surface area contributed by atoms with Crippen LogP contribution in [0.25, 0.3) is 0 Å². The molecule has 0 unspecified atom stereocenters. The van der Waals surface area contributed by atoms with Gasteiger partial charge in [0.2, 0.25) is 0 Å². The van der Waals surface area contributed by atoms with Crippen molar-refractivity contribution in [2.75, 3.05) is 0 Å². The number of hydrogen-bond acceptors (Lipinski definition) is 2. The average Bonchev–Trinajstić information content (AvgIpc) is 2.17. The van der Waals surface area contributed by atoms with Crippen LogP contribution in [0, 0.1) is 6.07 Å². The quantitative estimate of drug-likeness (QED) is 0.527. The summed E-state index contributed by atoms with van der Waals surface area (Å²) in [6, 6.07) is 10.3. The van der Waals surface area contributed by atoms with Crippen molar-refractivity contribution in [2.24, 2.45) is 0 Å². The lowest BCUT2D eigenvalue weighted by atomic mass is 10.0. The molecular formula is C12H17O2. The van der Waals surface area contributed by atoms with Crippen molar-refractivity contribution < 1.29 is 9.78 Å². The predicted molar refractivity (Wildman–Crippen MR) is 56.0 cm³/mol. The highest BCUT2D eigenvalue weighted by Gasteiger charge is 2.19. The van der Waals surface area contributed by atoms with Crippen LogP contribution in [-0.2, 0) is 4.89 Å². The molecule has 77 valence electrons. The Morgan fingerprint density at radius 2 is 2.14 bits per heavy atom. The van der Waals surface area contributed by atoms with Crippen LogP contribution in [0.3, 0.4) is 0 Å². The molecule has 0 aliphatic heterocycles. The van der Waals surface area contributed by atoms with Gasteiger partial charge in [0.05, 0.1) is 0 Å². The summed E-state index contributed by atoms with van der Waals surface area (Å²) in [6.45, 7) is 6.15. The minimum atomic E-state index is -0.238. The van der Waals surface area contributed by atoms with Gasteiger partial charge in [-0.05, 0) is 26.3 Å². The van der Waals surface area contributed by atoms with Crippen LogP contribution >= 0.6 is 0 Å². The van der Waals surface area contributed by atoms with Crippen molar-refractivity contribution in [3.63, 3.8) is 0 Å². The zero-order valence-electron chi connectivity index (χ0n) is 9.04. The van der Waals surface area contributed by atoms with Crippen LogP contribution < -0.4 is 4.89 Å². The van der Waals surface area contributed by atoms with Crippen molar-refractivity contribution in [1.29, 1.82) is 0 Å². The van der Waals surface area contributed by atoms with Gasteiger partial charge in [-0.15, -0.1) is 0 Å². The lowest BCUT2D eigenvalue weighted by molar-refractivity contribution is -0.282. The highest BCUT2D eigenvalue weighted by molar-refractivity contribution is 5.18. The van der Waals surface area contributed by atoms with Gasteiger partial charge < -0.3 is 4.89 Å². The fourth-order valence-electron chi connectivity index (χ4n) is 1.23. The first-order valence-electron chi connectivity index (χ1n) is 4.96. The van der Waals surface area contributed by atoms with E-state index in [1.807, 2.05) is 32.0 Å². The summed E-state index contributed by atoms with van der Waals surface area (Å²) >= 11 is 0. The lowest BCUT2D eigenvalue weighted by Gasteiger charge is -2.22. The van der Waals surface area contributed by atoms with E-state index < -0.39 is 0 Å². The third kappa shape index (κ3) is 3.79. The van der Waals surface area contributed by atoms with Crippen LogP contribution in [0.5, 0.6) is 5.75 Å². The summed E-state index contributed by atoms with van der Waals surface area (Å²) in [5.74, 6) is 0.622. The normalized spacial score (nSPS) is 11.4. The second-order valence-electron chi connectivity index (χ2n) is 3.90. The monoisotopic (exact) mass is 193 g/mol. The Labute approximate surface area is 85.8 Å². The second kappa shape index (κ2) is 5.01. The first-order chi connectivity index (χ1) is 6.64. The van der Waals surface area contributed by atoms with E-state index in [1.165, 1.54) is 0 Å². The maximum absolute atomic E-state index is 5.32. The summed E-state index contributed by atoms with van der Waals surface area (Å²) in [7, 11) is 0. The smallest absolute Gasteiger partial charge is 0.173 e. The highest BCUT2D eigenvalue weighted by atomic mass is 17.2. The Bertz CT molecular complexity index is 254. The van der Waals surface area contributed by atoms with Crippen LogP contribution in [0.15, 0.2) is 24.3 Å². The molecule has 1 rings (SSSR count). The van der Waals surface area contributed by atoms with E-state index in [1.54, 1.807) is 6.07 Å². The van der Waals surface area contributed by atoms with Gasteiger partial charge in [0, 0.05) is 6.07 Å². The lowest BCUT2D eigenvalue weighted by Crippen LogP contribution is -2.25. The van der Waals surface area contributed by atoms with Gasteiger partial charge >= 0.3 is 0 Å². The van der Waals surface area contributed by atoms with E-state index >= 15 is 0 Å². The molecule has 0 amide bonds. The molecule has 0 saturated carbocycles. The predicted octanol–water partition coefficient (Wildman–Crippen LogP) is 3.38. The molecule has 0 heterocycles. The molecular weight excluding hydrogens is 176 g/mol. The maximum Gasteiger partial charge on any atom is 0.173 e. The largest absolute Gasteiger partial charge is 0.336 e. The fraction of sp³-hybridized carbons (Fsp3) is 0.500. The molecule has 0 spiro atoms. The summed E-state index contributed by atoms with van der Waals surface area (Å²) in [5.41, 5.74) is -0.238. The van der Waals surface area contributed by atoms with Crippen LogP contribution in [0.4, 0.5) is 0 Å². The second-order valence-corrected chi connectivity index (χ2v) is 3.90. The third-order valence-electron chi connectivity index (χ3n) is 1.89. The first-order valence-corrected chi connectivity index (χ1v) is 4.96. The average molecular weight is 193 g/mol. The Balaban J connectivity index is 2.40. The van der Waals surface area contributed by atoms with E-state index in [-0.39, 0.29) is 5.60 Å². The SMILES string of the molecule is CCCC(C)(C)OOc1[c]cccc1. The number of rotatable bonds is 5. The van der Waals surface area contributed by atoms with E-state index in [9.17, 15) is 0 Å². The molecule has 1 aromatic carbocycles. The molecule has 0 aliphatic rings. The molecule has 1 radical (unpaired) electrons. The molecule has 0 saturated heterocycles. The molecule has 0 fully saturated rings. The van der Waals surface area contributed by atoms with Crippen molar-refractivity contribution in [3.8, 4) is 5.75 Å². The van der Waals surface area contributed by atoms with Crippen LogP contribution in [-0.4, -0.2) is 5.60 Å². The van der Waals surface area contributed by atoms with E-state index in [0.717, 1.165) is 12.8 Å². The topological polar surface area (TPSA) is 18.5 Å². The van der Waals surface area contributed by atoms with E-state index in [0.29, 0.717) is 5.75 Å². The number of hydrogen-bond donors (Lipinski definition) is 0. The Morgan fingerprint density at radius 1 is 1.36 bits per heavy atom. The van der Waals surface area contributed by atoms with E-state index in [2.05, 4.69) is 13.0 Å². The fourth-order valence-corrected chi connectivity index (χ4v) is 1.23. The minimum absolute atomic E-state index is 0.238. The van der Waals surface area contributed by atoms with E-state index in [4.69, 9.17) is 9.78 Å². The van der Waals surface area contributed by atoms with Crippen LogP contribution in [0.2, 0.25) is 0 Å². The van der Waals surface area contributed by atoms with Gasteiger partial charge in [-0.2, -0.15) is 4.89 Å². The Morgan fingerprint density at radius 3 is 2.71 bits per heavy atom. The Hall–Kier alpha value is -1.02. The molecule has 0 aliphatic carbocycles. The molecule has 0 bridgehead atoms. The minimum Gasteiger partial charge on any atom is -0.336 e. The molecule has 1 aromatic rings. The van der Waals surface area contributed by atoms with Gasteiger partial charge in [-0.3, -0.25) is 0 Å². The molecule has 2 heteroatoms. The zero-order valence-corrected chi connectivity index (χ0v) is 9.04. The third-order valence-corrected chi connectivity index (χ3v) is 1.89. The molecule has 0 aromatic heterocycles. The summed E-state index contributed by atoms with van der Waals surface area (Å²) in [4.78, 5) is 10.5. The first kappa shape index (κ1) is 11.1. The van der Waals surface area contributed by atoms with Gasteiger partial charge in [0.15, 0.2) is 5.75 Å². The molecule has 0 atom stereocenters. The molecule has 0 N–H and O–H groups in total. The maximum atomic E-state index is 5.32. The van der Waals surface area contributed by atoms with Gasteiger partial charge in [-0.1, -0.05) is 31.5 Å². The molecule has 2 nitrogen and oxygen atoms in total. The van der Waals surface area contributed by atoms with Crippen LogP contribution in [0.1, 0.15) is 33.6 Å². The van der Waals surface area contributed by atoms with Crippen molar-refractivity contribution in [2.45, 2.75) is 39.2 Å². The highest BCUT2D eigenvalue weighted by Crippen LogP contribution is 2.18. The Kier molecular flexibility index (Phi) is 3.96. The summed E-state index contributed by atoms with van der Waals surface area (Å²) in [6.07, 6.45) is 2.05. The van der Waals surface area contributed by atoms with Crippen molar-refractivity contribution in [3.05, 3.63) is 30.3 Å². The van der Waals surface area contributed by atoms with Gasteiger partial charge in [0.1, 0.15) is 5.60 Å². The van der Waals surface area contributed by atoms with Crippen molar-refractivity contribution >= 4 is 0 Å². The van der Waals surface area contributed by atoms with Crippen molar-refractivity contribution in [1.82, 2.24) is 0 Å². The summed E-state index contributed by atoms with van der Waals surface area (Å²) < 4.78 is 0.